The Hall–Kier alpha value is -3.91. The predicted octanol–water partition coefficient (Wildman–Crippen LogP) is 6.41. The van der Waals surface area contributed by atoms with Crippen LogP contribution >= 0.6 is 11.8 Å². The van der Waals surface area contributed by atoms with Crippen molar-refractivity contribution in [1.29, 1.82) is 0 Å². The molecule has 41 heavy (non-hydrogen) atoms. The third kappa shape index (κ3) is 5.40. The fourth-order valence-electron chi connectivity index (χ4n) is 5.71. The van der Waals surface area contributed by atoms with Gasteiger partial charge in [0.2, 0.25) is 11.8 Å². The van der Waals surface area contributed by atoms with Gasteiger partial charge in [-0.15, -0.1) is 11.8 Å². The maximum absolute atomic E-state index is 14.0. The van der Waals surface area contributed by atoms with Crippen LogP contribution in [-0.2, 0) is 9.59 Å². The SMILES string of the molecule is Cc1ccccc1[C@@H]1SCC(=O)N(CC(=O)N2CCC(C)CC2)c2c1c(-c1ccccc1)nn2-c1ccc(F)cc1. The summed E-state index contributed by atoms with van der Waals surface area (Å²) >= 11 is 1.56. The summed E-state index contributed by atoms with van der Waals surface area (Å²) < 4.78 is 15.7. The van der Waals surface area contributed by atoms with Gasteiger partial charge >= 0.3 is 0 Å². The van der Waals surface area contributed by atoms with Crippen LogP contribution in [0.4, 0.5) is 10.2 Å². The van der Waals surface area contributed by atoms with E-state index in [1.54, 1.807) is 33.5 Å². The number of halogens is 1. The van der Waals surface area contributed by atoms with Gasteiger partial charge in [0.05, 0.1) is 22.4 Å². The van der Waals surface area contributed by atoms with Gasteiger partial charge in [-0.3, -0.25) is 14.5 Å². The molecule has 3 heterocycles. The number of carbonyl (C=O) groups is 2. The number of thioether (sulfide) groups is 1. The highest BCUT2D eigenvalue weighted by molar-refractivity contribution is 8.00. The summed E-state index contributed by atoms with van der Waals surface area (Å²) in [6, 6.07) is 24.2. The number of hydrogen-bond donors (Lipinski definition) is 0. The molecule has 1 aromatic heterocycles. The van der Waals surface area contributed by atoms with Crippen LogP contribution in [0.3, 0.4) is 0 Å². The zero-order valence-corrected chi connectivity index (χ0v) is 24.1. The standard InChI is InChI=1S/C33H33FN4O2S/c1-22-16-18-36(19-17-22)28(39)20-37-29(40)21-41-32(27-11-7-6-8-23(27)2)30-31(24-9-4-3-5-10-24)35-38(33(30)37)26-14-12-25(34)13-15-26/h3-15,22,32H,16-21H2,1-2H3/t32-/m0/s1. The van der Waals surface area contributed by atoms with E-state index in [0.717, 1.165) is 40.8 Å². The molecule has 4 aromatic rings. The van der Waals surface area contributed by atoms with Crippen molar-refractivity contribution >= 4 is 29.4 Å². The van der Waals surface area contributed by atoms with E-state index in [9.17, 15) is 14.0 Å². The Bertz CT molecular complexity index is 1560. The molecular formula is C33H33FN4O2S. The first-order chi connectivity index (χ1) is 19.9. The monoisotopic (exact) mass is 568 g/mol. The van der Waals surface area contributed by atoms with Crippen molar-refractivity contribution in [2.24, 2.45) is 5.92 Å². The molecule has 1 fully saturated rings. The van der Waals surface area contributed by atoms with E-state index in [0.29, 0.717) is 30.5 Å². The van der Waals surface area contributed by atoms with Gasteiger partial charge < -0.3 is 4.90 Å². The number of likely N-dealkylation sites (tertiary alicyclic amines) is 1. The van der Waals surface area contributed by atoms with Crippen molar-refractivity contribution in [1.82, 2.24) is 14.7 Å². The molecule has 8 heteroatoms. The normalized spacial score (nSPS) is 17.8. The minimum Gasteiger partial charge on any atom is -0.341 e. The number of benzene rings is 3. The van der Waals surface area contributed by atoms with Crippen molar-refractivity contribution in [2.75, 3.05) is 30.3 Å². The van der Waals surface area contributed by atoms with Crippen LogP contribution in [0.5, 0.6) is 0 Å². The first-order valence-corrected chi connectivity index (χ1v) is 15.1. The summed E-state index contributed by atoms with van der Waals surface area (Å²) in [7, 11) is 0. The minimum atomic E-state index is -0.356. The number of carbonyl (C=O) groups excluding carboxylic acids is 2. The molecule has 0 aliphatic carbocycles. The zero-order valence-electron chi connectivity index (χ0n) is 23.3. The largest absolute Gasteiger partial charge is 0.341 e. The first-order valence-electron chi connectivity index (χ1n) is 14.1. The lowest BCUT2D eigenvalue weighted by molar-refractivity contribution is -0.132. The molecular weight excluding hydrogens is 535 g/mol. The van der Waals surface area contributed by atoms with Crippen molar-refractivity contribution in [2.45, 2.75) is 31.9 Å². The van der Waals surface area contributed by atoms with E-state index in [1.807, 2.05) is 47.4 Å². The molecule has 3 aromatic carbocycles. The summed E-state index contributed by atoms with van der Waals surface area (Å²) in [4.78, 5) is 31.1. The van der Waals surface area contributed by atoms with Crippen LogP contribution in [0.15, 0.2) is 78.9 Å². The van der Waals surface area contributed by atoms with Crippen LogP contribution in [0, 0.1) is 18.7 Å². The number of piperidine rings is 1. The summed E-state index contributed by atoms with van der Waals surface area (Å²) in [6.07, 6.45) is 1.92. The quantitative estimate of drug-likeness (QED) is 0.279. The molecule has 0 radical (unpaired) electrons. The minimum absolute atomic E-state index is 0.0661. The predicted molar refractivity (Wildman–Crippen MR) is 162 cm³/mol. The van der Waals surface area contributed by atoms with Gasteiger partial charge in [-0.05, 0) is 61.1 Å². The number of aryl methyl sites for hydroxylation is 1. The number of amides is 2. The van der Waals surface area contributed by atoms with Crippen molar-refractivity contribution < 1.29 is 14.0 Å². The number of nitrogens with zero attached hydrogens (tertiary/aromatic N) is 4. The van der Waals surface area contributed by atoms with Gasteiger partial charge in [0, 0.05) is 24.2 Å². The topological polar surface area (TPSA) is 58.4 Å². The lowest BCUT2D eigenvalue weighted by Crippen LogP contribution is -2.46. The second kappa shape index (κ2) is 11.5. The number of anilines is 1. The number of hydrogen-bond acceptors (Lipinski definition) is 4. The summed E-state index contributed by atoms with van der Waals surface area (Å²) in [5.74, 6) is 0.807. The van der Waals surface area contributed by atoms with Gasteiger partial charge in [0.25, 0.3) is 0 Å². The van der Waals surface area contributed by atoms with E-state index >= 15 is 0 Å². The molecule has 0 bridgehead atoms. The highest BCUT2D eigenvalue weighted by Crippen LogP contribution is 2.49. The maximum Gasteiger partial charge on any atom is 0.242 e. The Morgan fingerprint density at radius 2 is 1.66 bits per heavy atom. The van der Waals surface area contributed by atoms with Gasteiger partial charge in [0.15, 0.2) is 0 Å². The highest BCUT2D eigenvalue weighted by Gasteiger charge is 2.38. The van der Waals surface area contributed by atoms with Crippen LogP contribution in [0.1, 0.15) is 41.7 Å². The molecule has 0 spiro atoms. The van der Waals surface area contributed by atoms with E-state index < -0.39 is 0 Å². The Labute approximate surface area is 244 Å². The molecule has 2 aliphatic rings. The molecule has 2 amide bonds. The molecule has 1 atom stereocenters. The number of rotatable bonds is 5. The third-order valence-corrected chi connectivity index (χ3v) is 9.34. The summed E-state index contributed by atoms with van der Waals surface area (Å²) in [5, 5.41) is 4.89. The van der Waals surface area contributed by atoms with Crippen molar-refractivity contribution in [3.8, 4) is 16.9 Å². The van der Waals surface area contributed by atoms with E-state index in [-0.39, 0.29) is 35.2 Å². The van der Waals surface area contributed by atoms with Gasteiger partial charge in [0.1, 0.15) is 18.2 Å². The van der Waals surface area contributed by atoms with E-state index in [1.165, 1.54) is 12.1 Å². The van der Waals surface area contributed by atoms with Gasteiger partial charge in [-0.25, -0.2) is 9.07 Å². The second-order valence-electron chi connectivity index (χ2n) is 10.9. The molecule has 2 aliphatic heterocycles. The smallest absolute Gasteiger partial charge is 0.242 e. The summed E-state index contributed by atoms with van der Waals surface area (Å²) in [5.41, 5.74) is 5.37. The molecule has 210 valence electrons. The number of aromatic nitrogens is 2. The van der Waals surface area contributed by atoms with E-state index in [2.05, 4.69) is 26.0 Å². The third-order valence-electron chi connectivity index (χ3n) is 8.11. The molecule has 0 unspecified atom stereocenters. The van der Waals surface area contributed by atoms with Gasteiger partial charge in [-0.2, -0.15) is 5.10 Å². The maximum atomic E-state index is 14.0. The van der Waals surface area contributed by atoms with Crippen LogP contribution in [0.2, 0.25) is 0 Å². The Morgan fingerprint density at radius 3 is 2.37 bits per heavy atom. The lowest BCUT2D eigenvalue weighted by atomic mass is 9.96. The molecule has 1 saturated heterocycles. The Morgan fingerprint density at radius 1 is 0.976 bits per heavy atom. The van der Waals surface area contributed by atoms with Crippen molar-refractivity contribution in [3.63, 3.8) is 0 Å². The second-order valence-corrected chi connectivity index (χ2v) is 12.0. The van der Waals surface area contributed by atoms with Crippen LogP contribution < -0.4 is 4.90 Å². The Balaban J connectivity index is 1.57. The molecule has 0 N–H and O–H groups in total. The zero-order chi connectivity index (χ0) is 28.5. The first kappa shape index (κ1) is 27.3. The molecule has 0 saturated carbocycles. The average Bonchev–Trinajstić information content (AvgIpc) is 3.31. The highest BCUT2D eigenvalue weighted by atomic mass is 32.2. The van der Waals surface area contributed by atoms with Gasteiger partial charge in [-0.1, -0.05) is 61.5 Å². The van der Waals surface area contributed by atoms with Crippen LogP contribution in [0.25, 0.3) is 16.9 Å². The fraction of sp³-hybridized carbons (Fsp3) is 0.303. The molecule has 6 rings (SSSR count). The Kier molecular flexibility index (Phi) is 7.67. The van der Waals surface area contributed by atoms with Crippen LogP contribution in [-0.4, -0.2) is 51.9 Å². The van der Waals surface area contributed by atoms with E-state index in [4.69, 9.17) is 5.10 Å². The fourth-order valence-corrected chi connectivity index (χ4v) is 7.00. The number of fused-ring (bicyclic) bond motifs is 1. The molecule has 6 nitrogen and oxygen atoms in total. The summed E-state index contributed by atoms with van der Waals surface area (Å²) in [6.45, 7) is 5.61. The van der Waals surface area contributed by atoms with Crippen molar-refractivity contribution in [3.05, 3.63) is 101 Å². The lowest BCUT2D eigenvalue weighted by Gasteiger charge is -2.32. The average molecular weight is 569 g/mol.